The second-order valence-corrected chi connectivity index (χ2v) is 5.60. The predicted octanol–water partition coefficient (Wildman–Crippen LogP) is 2.44. The van der Waals surface area contributed by atoms with Gasteiger partial charge in [-0.05, 0) is 31.4 Å². The van der Waals surface area contributed by atoms with Gasteiger partial charge >= 0.3 is 0 Å². The highest BCUT2D eigenvalue weighted by Crippen LogP contribution is 2.34. The topological polar surface area (TPSA) is 47.7 Å². The van der Waals surface area contributed by atoms with E-state index in [1.807, 2.05) is 12.1 Å². The summed E-state index contributed by atoms with van der Waals surface area (Å²) < 4.78 is 10.8. The molecule has 0 bridgehead atoms. The molecule has 112 valence electrons. The molecule has 0 saturated carbocycles. The fourth-order valence-corrected chi connectivity index (χ4v) is 3.08. The third-order valence-electron chi connectivity index (χ3n) is 4.15. The lowest BCUT2D eigenvalue weighted by atomic mass is 9.95. The minimum atomic E-state index is 0.221. The lowest BCUT2D eigenvalue weighted by Gasteiger charge is -2.37. The van der Waals surface area contributed by atoms with Crippen molar-refractivity contribution in [1.82, 2.24) is 4.90 Å². The van der Waals surface area contributed by atoms with Crippen molar-refractivity contribution in [2.45, 2.75) is 25.8 Å². The zero-order chi connectivity index (χ0) is 14.5. The second-order valence-electron chi connectivity index (χ2n) is 5.60. The maximum Gasteiger partial charge on any atom is 0.127 e. The largest absolute Gasteiger partial charge is 0.497 e. The summed E-state index contributed by atoms with van der Waals surface area (Å²) in [5, 5.41) is 0. The van der Waals surface area contributed by atoms with Gasteiger partial charge in [-0.25, -0.2) is 0 Å². The number of rotatable bonds is 5. The molecule has 0 amide bonds. The average Bonchev–Trinajstić information content (AvgIpc) is 2.48. The first-order valence-corrected chi connectivity index (χ1v) is 7.35. The van der Waals surface area contributed by atoms with E-state index in [0.29, 0.717) is 6.54 Å². The Bertz CT molecular complexity index is 436. The highest BCUT2D eigenvalue weighted by molar-refractivity contribution is 5.42. The molecule has 0 aliphatic carbocycles. The van der Waals surface area contributed by atoms with Crippen LogP contribution < -0.4 is 15.2 Å². The van der Waals surface area contributed by atoms with Gasteiger partial charge in [0.1, 0.15) is 11.5 Å². The number of hydrogen-bond donors (Lipinski definition) is 1. The fourth-order valence-electron chi connectivity index (χ4n) is 3.08. The van der Waals surface area contributed by atoms with Crippen molar-refractivity contribution >= 4 is 0 Å². The Morgan fingerprint density at radius 3 is 2.75 bits per heavy atom. The zero-order valence-corrected chi connectivity index (χ0v) is 12.8. The summed E-state index contributed by atoms with van der Waals surface area (Å²) in [5.74, 6) is 2.41. The molecule has 4 nitrogen and oxygen atoms in total. The molecule has 0 spiro atoms. The highest BCUT2D eigenvalue weighted by atomic mass is 16.5. The Balaban J connectivity index is 2.26. The zero-order valence-electron chi connectivity index (χ0n) is 12.8. The molecule has 4 heteroatoms. The van der Waals surface area contributed by atoms with Crippen LogP contribution in [0.5, 0.6) is 11.5 Å². The minimum absolute atomic E-state index is 0.221. The van der Waals surface area contributed by atoms with Gasteiger partial charge in [0.15, 0.2) is 0 Å². The SMILES string of the molecule is COc1ccc([C@@H](CN)N2CCC[C@@H](C)C2)c(OC)c1. The summed E-state index contributed by atoms with van der Waals surface area (Å²) in [5.41, 5.74) is 7.20. The Kier molecular flexibility index (Phi) is 5.26. The molecule has 1 heterocycles. The molecule has 1 aliphatic heterocycles. The van der Waals surface area contributed by atoms with Crippen molar-refractivity contribution in [3.8, 4) is 11.5 Å². The van der Waals surface area contributed by atoms with Crippen LogP contribution in [-0.4, -0.2) is 38.8 Å². The molecular weight excluding hydrogens is 252 g/mol. The van der Waals surface area contributed by atoms with Crippen molar-refractivity contribution < 1.29 is 9.47 Å². The number of benzene rings is 1. The average molecular weight is 278 g/mol. The van der Waals surface area contributed by atoms with Gasteiger partial charge in [-0.15, -0.1) is 0 Å². The van der Waals surface area contributed by atoms with Crippen LogP contribution in [0.15, 0.2) is 18.2 Å². The molecule has 2 rings (SSSR count). The molecule has 1 aromatic carbocycles. The van der Waals surface area contributed by atoms with Gasteiger partial charge in [0, 0.05) is 24.7 Å². The molecule has 1 fully saturated rings. The van der Waals surface area contributed by atoms with E-state index in [0.717, 1.165) is 36.1 Å². The molecule has 1 saturated heterocycles. The van der Waals surface area contributed by atoms with Crippen LogP contribution in [0.3, 0.4) is 0 Å². The molecule has 2 N–H and O–H groups in total. The van der Waals surface area contributed by atoms with Crippen molar-refractivity contribution in [2.24, 2.45) is 11.7 Å². The third-order valence-corrected chi connectivity index (χ3v) is 4.15. The number of likely N-dealkylation sites (tertiary alicyclic amines) is 1. The number of nitrogens with zero attached hydrogens (tertiary/aromatic N) is 1. The summed E-state index contributed by atoms with van der Waals surface area (Å²) in [6.07, 6.45) is 2.56. The first-order chi connectivity index (χ1) is 9.69. The maximum absolute atomic E-state index is 6.05. The van der Waals surface area contributed by atoms with Gasteiger partial charge in [0.25, 0.3) is 0 Å². The van der Waals surface area contributed by atoms with Crippen molar-refractivity contribution in [2.75, 3.05) is 33.9 Å². The smallest absolute Gasteiger partial charge is 0.127 e. The lowest BCUT2D eigenvalue weighted by molar-refractivity contribution is 0.131. The summed E-state index contributed by atoms with van der Waals surface area (Å²) in [7, 11) is 3.37. The van der Waals surface area contributed by atoms with Gasteiger partial charge in [-0.2, -0.15) is 0 Å². The normalized spacial score (nSPS) is 21.5. The number of nitrogens with two attached hydrogens (primary N) is 1. The van der Waals surface area contributed by atoms with Crippen LogP contribution in [0.1, 0.15) is 31.4 Å². The maximum atomic E-state index is 6.05. The van der Waals surface area contributed by atoms with E-state index >= 15 is 0 Å². The summed E-state index contributed by atoms with van der Waals surface area (Å²) in [6, 6.07) is 6.21. The number of methoxy groups -OCH3 is 2. The molecule has 20 heavy (non-hydrogen) atoms. The summed E-state index contributed by atoms with van der Waals surface area (Å²) in [6.45, 7) is 5.14. The van der Waals surface area contributed by atoms with E-state index in [2.05, 4.69) is 17.9 Å². The van der Waals surface area contributed by atoms with E-state index in [4.69, 9.17) is 15.2 Å². The summed E-state index contributed by atoms with van der Waals surface area (Å²) >= 11 is 0. The minimum Gasteiger partial charge on any atom is -0.497 e. The van der Waals surface area contributed by atoms with Crippen LogP contribution in [0.25, 0.3) is 0 Å². The number of ether oxygens (including phenoxy) is 2. The standard InChI is InChI=1S/C16H26N2O2/c1-12-5-4-8-18(11-12)15(10-17)14-7-6-13(19-2)9-16(14)20-3/h6-7,9,12,15H,4-5,8,10-11,17H2,1-3H3/t12-,15-/m1/s1. The van der Waals surface area contributed by atoms with Gasteiger partial charge < -0.3 is 15.2 Å². The van der Waals surface area contributed by atoms with Gasteiger partial charge in [-0.1, -0.05) is 13.0 Å². The van der Waals surface area contributed by atoms with E-state index in [9.17, 15) is 0 Å². The lowest BCUT2D eigenvalue weighted by Crippen LogP contribution is -2.40. The van der Waals surface area contributed by atoms with Gasteiger partial charge in [0.2, 0.25) is 0 Å². The van der Waals surface area contributed by atoms with E-state index in [1.165, 1.54) is 12.8 Å². The quantitative estimate of drug-likeness (QED) is 0.898. The van der Waals surface area contributed by atoms with E-state index < -0.39 is 0 Å². The fraction of sp³-hybridized carbons (Fsp3) is 0.625. The van der Waals surface area contributed by atoms with Crippen LogP contribution in [0.4, 0.5) is 0 Å². The van der Waals surface area contributed by atoms with Crippen LogP contribution in [-0.2, 0) is 0 Å². The van der Waals surface area contributed by atoms with Crippen LogP contribution in [0.2, 0.25) is 0 Å². The number of hydrogen-bond acceptors (Lipinski definition) is 4. The molecule has 2 atom stereocenters. The molecule has 0 radical (unpaired) electrons. The van der Waals surface area contributed by atoms with Crippen molar-refractivity contribution in [3.63, 3.8) is 0 Å². The monoisotopic (exact) mass is 278 g/mol. The van der Waals surface area contributed by atoms with E-state index in [-0.39, 0.29) is 6.04 Å². The second kappa shape index (κ2) is 6.95. The Hall–Kier alpha value is -1.26. The van der Waals surface area contributed by atoms with E-state index in [1.54, 1.807) is 14.2 Å². The first-order valence-electron chi connectivity index (χ1n) is 7.35. The third kappa shape index (κ3) is 3.25. The van der Waals surface area contributed by atoms with Crippen molar-refractivity contribution in [1.29, 1.82) is 0 Å². The highest BCUT2D eigenvalue weighted by Gasteiger charge is 2.26. The van der Waals surface area contributed by atoms with Gasteiger partial charge in [0.05, 0.1) is 20.3 Å². The summed E-state index contributed by atoms with van der Waals surface area (Å²) in [4.78, 5) is 2.48. The van der Waals surface area contributed by atoms with Crippen LogP contribution >= 0.6 is 0 Å². The first kappa shape index (κ1) is 15.1. The Labute approximate surface area is 121 Å². The Morgan fingerprint density at radius 2 is 2.15 bits per heavy atom. The molecule has 0 aromatic heterocycles. The molecule has 1 aromatic rings. The Morgan fingerprint density at radius 1 is 1.35 bits per heavy atom. The molecule has 0 unspecified atom stereocenters. The predicted molar refractivity (Wildman–Crippen MR) is 81.3 cm³/mol. The van der Waals surface area contributed by atoms with Crippen molar-refractivity contribution in [3.05, 3.63) is 23.8 Å². The number of piperidine rings is 1. The molecular formula is C16H26N2O2. The van der Waals surface area contributed by atoms with Crippen LogP contribution in [0, 0.1) is 5.92 Å². The molecule has 1 aliphatic rings. The van der Waals surface area contributed by atoms with Gasteiger partial charge in [-0.3, -0.25) is 4.90 Å².